The lowest BCUT2D eigenvalue weighted by Gasteiger charge is -2.34. The highest BCUT2D eigenvalue weighted by molar-refractivity contribution is 5.76. The number of carbonyl (C=O) groups excluding carboxylic acids is 1. The van der Waals surface area contributed by atoms with Gasteiger partial charge in [-0.25, -0.2) is 0 Å². The SMILES string of the molecule is CN(C(=O)CCC1CCCC1)C(C)(C)CO. The monoisotopic (exact) mass is 227 g/mol. The van der Waals surface area contributed by atoms with Crippen molar-refractivity contribution in [2.75, 3.05) is 13.7 Å². The van der Waals surface area contributed by atoms with E-state index in [1.165, 1.54) is 25.7 Å². The Bertz CT molecular complexity index is 232. The minimum absolute atomic E-state index is 0.0126. The molecule has 0 radical (unpaired) electrons. The summed E-state index contributed by atoms with van der Waals surface area (Å²) in [5, 5.41) is 9.20. The van der Waals surface area contributed by atoms with E-state index in [0.717, 1.165) is 12.3 Å². The second-order valence-corrected chi connectivity index (χ2v) is 5.61. The van der Waals surface area contributed by atoms with Gasteiger partial charge in [0.05, 0.1) is 12.1 Å². The minimum Gasteiger partial charge on any atom is -0.394 e. The van der Waals surface area contributed by atoms with Gasteiger partial charge in [0.2, 0.25) is 5.91 Å². The van der Waals surface area contributed by atoms with Gasteiger partial charge >= 0.3 is 0 Å². The van der Waals surface area contributed by atoms with Crippen molar-refractivity contribution >= 4 is 5.91 Å². The molecule has 0 bridgehead atoms. The van der Waals surface area contributed by atoms with Crippen molar-refractivity contribution in [2.24, 2.45) is 5.92 Å². The average molecular weight is 227 g/mol. The molecule has 1 aliphatic rings. The van der Waals surface area contributed by atoms with Crippen LogP contribution in [0.4, 0.5) is 0 Å². The molecule has 3 heteroatoms. The van der Waals surface area contributed by atoms with Crippen LogP contribution in [0.25, 0.3) is 0 Å². The summed E-state index contributed by atoms with van der Waals surface area (Å²) < 4.78 is 0. The molecule has 0 spiro atoms. The second kappa shape index (κ2) is 5.67. The summed E-state index contributed by atoms with van der Waals surface area (Å²) in [6, 6.07) is 0. The molecule has 1 N–H and O–H groups in total. The third kappa shape index (κ3) is 3.48. The smallest absolute Gasteiger partial charge is 0.222 e. The standard InChI is InChI=1S/C13H25NO2/c1-13(2,10-15)14(3)12(16)9-8-11-6-4-5-7-11/h11,15H,4-10H2,1-3H3. The van der Waals surface area contributed by atoms with Gasteiger partial charge in [0.15, 0.2) is 0 Å². The maximum Gasteiger partial charge on any atom is 0.222 e. The fourth-order valence-electron chi connectivity index (χ4n) is 2.24. The summed E-state index contributed by atoms with van der Waals surface area (Å²) in [6.45, 7) is 3.79. The van der Waals surface area contributed by atoms with Gasteiger partial charge < -0.3 is 10.0 Å². The van der Waals surface area contributed by atoms with Crippen LogP contribution < -0.4 is 0 Å². The zero-order valence-corrected chi connectivity index (χ0v) is 10.8. The van der Waals surface area contributed by atoms with Crippen LogP contribution in [-0.4, -0.2) is 35.1 Å². The molecule has 1 amide bonds. The summed E-state index contributed by atoms with van der Waals surface area (Å²) in [6.07, 6.45) is 6.89. The lowest BCUT2D eigenvalue weighted by atomic mass is 9.99. The summed E-state index contributed by atoms with van der Waals surface area (Å²) in [5.41, 5.74) is -0.438. The minimum atomic E-state index is -0.438. The van der Waals surface area contributed by atoms with Crippen LogP contribution in [0.1, 0.15) is 52.4 Å². The molecular weight excluding hydrogens is 202 g/mol. The molecule has 0 atom stereocenters. The Balaban J connectivity index is 2.33. The van der Waals surface area contributed by atoms with E-state index in [4.69, 9.17) is 0 Å². The van der Waals surface area contributed by atoms with Gasteiger partial charge in [0.25, 0.3) is 0 Å². The van der Waals surface area contributed by atoms with Crippen molar-refractivity contribution in [1.29, 1.82) is 0 Å². The predicted molar refractivity (Wildman–Crippen MR) is 65.1 cm³/mol. The Kier molecular flexibility index (Phi) is 4.78. The van der Waals surface area contributed by atoms with Crippen LogP contribution in [0.3, 0.4) is 0 Å². The first-order valence-electron chi connectivity index (χ1n) is 6.35. The molecule has 94 valence electrons. The quantitative estimate of drug-likeness (QED) is 0.782. The number of carbonyl (C=O) groups is 1. The molecule has 16 heavy (non-hydrogen) atoms. The van der Waals surface area contributed by atoms with Crippen LogP contribution in [-0.2, 0) is 4.79 Å². The summed E-state index contributed by atoms with van der Waals surface area (Å²) >= 11 is 0. The van der Waals surface area contributed by atoms with Crippen molar-refractivity contribution in [1.82, 2.24) is 4.90 Å². The van der Waals surface area contributed by atoms with E-state index >= 15 is 0 Å². The van der Waals surface area contributed by atoms with Gasteiger partial charge in [0, 0.05) is 13.5 Å². The largest absolute Gasteiger partial charge is 0.394 e. The number of hydrogen-bond acceptors (Lipinski definition) is 2. The summed E-state index contributed by atoms with van der Waals surface area (Å²) in [4.78, 5) is 13.6. The van der Waals surface area contributed by atoms with E-state index in [9.17, 15) is 9.90 Å². The van der Waals surface area contributed by atoms with E-state index in [1.807, 2.05) is 13.8 Å². The predicted octanol–water partition coefficient (Wildman–Crippen LogP) is 2.19. The molecule has 0 saturated heterocycles. The zero-order chi connectivity index (χ0) is 12.2. The second-order valence-electron chi connectivity index (χ2n) is 5.61. The number of aliphatic hydroxyl groups excluding tert-OH is 1. The van der Waals surface area contributed by atoms with Crippen molar-refractivity contribution < 1.29 is 9.90 Å². The summed E-state index contributed by atoms with van der Waals surface area (Å²) in [7, 11) is 1.78. The Labute approximate surface area is 98.8 Å². The first kappa shape index (κ1) is 13.5. The van der Waals surface area contributed by atoms with Crippen LogP contribution in [0.5, 0.6) is 0 Å². The number of aliphatic hydroxyl groups is 1. The van der Waals surface area contributed by atoms with Crippen LogP contribution in [0.15, 0.2) is 0 Å². The summed E-state index contributed by atoms with van der Waals surface area (Å²) in [5.74, 6) is 0.917. The number of nitrogens with zero attached hydrogens (tertiary/aromatic N) is 1. The highest BCUT2D eigenvalue weighted by Gasteiger charge is 2.27. The van der Waals surface area contributed by atoms with E-state index in [-0.39, 0.29) is 12.5 Å². The normalized spacial score (nSPS) is 17.8. The van der Waals surface area contributed by atoms with Crippen LogP contribution >= 0.6 is 0 Å². The van der Waals surface area contributed by atoms with E-state index in [1.54, 1.807) is 11.9 Å². The molecule has 0 heterocycles. The van der Waals surface area contributed by atoms with Crippen molar-refractivity contribution in [2.45, 2.75) is 57.9 Å². The Morgan fingerprint density at radius 2 is 1.94 bits per heavy atom. The molecule has 1 saturated carbocycles. The van der Waals surface area contributed by atoms with Crippen LogP contribution in [0, 0.1) is 5.92 Å². The zero-order valence-electron chi connectivity index (χ0n) is 10.8. The fourth-order valence-corrected chi connectivity index (χ4v) is 2.24. The number of amides is 1. The molecule has 0 aromatic rings. The first-order valence-corrected chi connectivity index (χ1v) is 6.35. The molecule has 0 unspecified atom stereocenters. The van der Waals surface area contributed by atoms with E-state index < -0.39 is 5.54 Å². The highest BCUT2D eigenvalue weighted by atomic mass is 16.3. The number of likely N-dealkylation sites (N-methyl/N-ethyl adjacent to an activating group) is 1. The first-order chi connectivity index (χ1) is 7.47. The molecule has 3 nitrogen and oxygen atoms in total. The Morgan fingerprint density at radius 3 is 2.44 bits per heavy atom. The third-order valence-corrected chi connectivity index (χ3v) is 3.91. The maximum absolute atomic E-state index is 11.9. The maximum atomic E-state index is 11.9. The molecule has 0 aliphatic heterocycles. The van der Waals surface area contributed by atoms with Crippen molar-refractivity contribution in [3.63, 3.8) is 0 Å². The third-order valence-electron chi connectivity index (χ3n) is 3.91. The number of rotatable bonds is 5. The Hall–Kier alpha value is -0.570. The molecule has 1 aliphatic carbocycles. The number of hydrogen-bond donors (Lipinski definition) is 1. The van der Waals surface area contributed by atoms with E-state index in [2.05, 4.69) is 0 Å². The van der Waals surface area contributed by atoms with Gasteiger partial charge in [-0.15, -0.1) is 0 Å². The highest BCUT2D eigenvalue weighted by Crippen LogP contribution is 2.29. The molecular formula is C13H25NO2. The average Bonchev–Trinajstić information content (AvgIpc) is 2.77. The van der Waals surface area contributed by atoms with Crippen molar-refractivity contribution in [3.05, 3.63) is 0 Å². The van der Waals surface area contributed by atoms with Gasteiger partial charge in [-0.05, 0) is 26.2 Å². The van der Waals surface area contributed by atoms with Crippen molar-refractivity contribution in [3.8, 4) is 0 Å². The molecule has 1 fully saturated rings. The molecule has 1 rings (SSSR count). The fraction of sp³-hybridized carbons (Fsp3) is 0.923. The van der Waals surface area contributed by atoms with Gasteiger partial charge in [0.1, 0.15) is 0 Å². The topological polar surface area (TPSA) is 40.5 Å². The van der Waals surface area contributed by atoms with Gasteiger partial charge in [-0.1, -0.05) is 25.7 Å². The lowest BCUT2D eigenvalue weighted by molar-refractivity contribution is -0.136. The van der Waals surface area contributed by atoms with E-state index in [0.29, 0.717) is 6.42 Å². The van der Waals surface area contributed by atoms with Gasteiger partial charge in [-0.3, -0.25) is 4.79 Å². The Morgan fingerprint density at radius 1 is 1.38 bits per heavy atom. The molecule has 0 aromatic heterocycles. The lowest BCUT2D eigenvalue weighted by Crippen LogP contribution is -2.47. The molecule has 0 aromatic carbocycles. The van der Waals surface area contributed by atoms with Gasteiger partial charge in [-0.2, -0.15) is 0 Å². The van der Waals surface area contributed by atoms with Crippen LogP contribution in [0.2, 0.25) is 0 Å².